The van der Waals surface area contributed by atoms with Crippen LogP contribution in [0.4, 0.5) is 0 Å². The molecule has 1 heterocycles. The molecule has 32 heavy (non-hydrogen) atoms. The van der Waals surface area contributed by atoms with Gasteiger partial charge in [0.15, 0.2) is 17.6 Å². The van der Waals surface area contributed by atoms with Crippen LogP contribution in [0.5, 0.6) is 23.0 Å². The van der Waals surface area contributed by atoms with Crippen molar-refractivity contribution in [1.29, 1.82) is 0 Å². The van der Waals surface area contributed by atoms with Crippen LogP contribution in [0.3, 0.4) is 0 Å². The highest BCUT2D eigenvalue weighted by molar-refractivity contribution is 7.86. The molecule has 0 saturated heterocycles. The molecule has 0 bridgehead atoms. The molecule has 0 aliphatic carbocycles. The van der Waals surface area contributed by atoms with E-state index in [1.165, 1.54) is 18.2 Å². The van der Waals surface area contributed by atoms with Crippen LogP contribution in [-0.2, 0) is 20.9 Å². The van der Waals surface area contributed by atoms with Crippen LogP contribution in [0.25, 0.3) is 0 Å². The smallest absolute Gasteiger partial charge is 0.274 e. The maximum Gasteiger partial charge on any atom is 0.274 e. The van der Waals surface area contributed by atoms with Gasteiger partial charge in [-0.15, -0.1) is 0 Å². The lowest BCUT2D eigenvalue weighted by Gasteiger charge is -2.40. The Morgan fingerprint density at radius 2 is 1.50 bits per heavy atom. The van der Waals surface area contributed by atoms with Crippen molar-refractivity contribution < 1.29 is 38.1 Å². The topological polar surface area (TPSA) is 145 Å². The van der Waals surface area contributed by atoms with Gasteiger partial charge in [0, 0.05) is 16.7 Å². The molecule has 8 nitrogen and oxygen atoms in total. The Morgan fingerprint density at radius 1 is 0.906 bits per heavy atom. The first-order valence-electron chi connectivity index (χ1n) is 10.2. The highest BCUT2D eigenvalue weighted by Crippen LogP contribution is 2.54. The lowest BCUT2D eigenvalue weighted by molar-refractivity contribution is 0.0134. The molecule has 1 aliphatic rings. The van der Waals surface area contributed by atoms with Crippen LogP contribution in [0.15, 0.2) is 24.3 Å². The van der Waals surface area contributed by atoms with E-state index in [0.717, 1.165) is 6.07 Å². The molecule has 0 fully saturated rings. The van der Waals surface area contributed by atoms with Gasteiger partial charge in [-0.3, -0.25) is 4.55 Å². The number of hydrogen-bond acceptors (Lipinski definition) is 7. The highest BCUT2D eigenvalue weighted by Gasteiger charge is 2.48. The molecule has 0 aromatic heterocycles. The van der Waals surface area contributed by atoms with Gasteiger partial charge in [-0.05, 0) is 34.6 Å². The number of fused-ring (bicyclic) bond motifs is 1. The van der Waals surface area contributed by atoms with Gasteiger partial charge in [-0.1, -0.05) is 47.6 Å². The van der Waals surface area contributed by atoms with Crippen molar-refractivity contribution in [2.24, 2.45) is 0 Å². The van der Waals surface area contributed by atoms with Crippen molar-refractivity contribution in [2.45, 2.75) is 69.8 Å². The summed E-state index contributed by atoms with van der Waals surface area (Å²) >= 11 is 0. The molecule has 9 heteroatoms. The van der Waals surface area contributed by atoms with Crippen molar-refractivity contribution in [3.8, 4) is 23.0 Å². The first kappa shape index (κ1) is 24.2. The number of phenolic OH excluding ortho intramolecular Hbond substituents is 3. The van der Waals surface area contributed by atoms with E-state index in [1.807, 2.05) is 41.5 Å². The van der Waals surface area contributed by atoms with Crippen LogP contribution < -0.4 is 4.74 Å². The molecule has 176 valence electrons. The Hall–Kier alpha value is -2.49. The summed E-state index contributed by atoms with van der Waals surface area (Å²) in [4.78, 5) is 0. The molecular formula is C23H30O8S. The van der Waals surface area contributed by atoms with E-state index < -0.39 is 49.9 Å². The largest absolute Gasteiger partial charge is 0.507 e. The predicted octanol–water partition coefficient (Wildman–Crippen LogP) is 3.82. The lowest BCUT2D eigenvalue weighted by Crippen LogP contribution is -2.39. The molecule has 5 N–H and O–H groups in total. The quantitative estimate of drug-likeness (QED) is 0.332. The summed E-state index contributed by atoms with van der Waals surface area (Å²) < 4.78 is 41.1. The van der Waals surface area contributed by atoms with Gasteiger partial charge in [0.25, 0.3) is 10.1 Å². The van der Waals surface area contributed by atoms with Crippen molar-refractivity contribution in [1.82, 2.24) is 0 Å². The van der Waals surface area contributed by atoms with E-state index >= 15 is 0 Å². The maximum absolute atomic E-state index is 12.5. The lowest BCUT2D eigenvalue weighted by atomic mass is 9.76. The molecule has 0 radical (unpaired) electrons. The van der Waals surface area contributed by atoms with Crippen molar-refractivity contribution in [2.75, 3.05) is 0 Å². The van der Waals surface area contributed by atoms with Crippen LogP contribution >= 0.6 is 0 Å². The monoisotopic (exact) mass is 466 g/mol. The maximum atomic E-state index is 12.5. The van der Waals surface area contributed by atoms with E-state index in [9.17, 15) is 33.4 Å². The summed E-state index contributed by atoms with van der Waals surface area (Å²) in [5.74, 6) is -0.877. The van der Waals surface area contributed by atoms with E-state index in [1.54, 1.807) is 0 Å². The number of hydrogen-bond donors (Lipinski definition) is 5. The zero-order valence-corrected chi connectivity index (χ0v) is 19.7. The standard InChI is InChI=1S/C23H30O8S/c1-22(2,3)13-10-12-20(16(17(13)26)23(4,5)6)31-19(18(27)21(12)32(28,29)30)11-7-8-14(24)15(25)9-11/h7-10,18-19,21,24-27H,1-6H3,(H,28,29,30). The molecule has 3 atom stereocenters. The van der Waals surface area contributed by atoms with Gasteiger partial charge >= 0.3 is 0 Å². The van der Waals surface area contributed by atoms with Crippen molar-refractivity contribution in [3.05, 3.63) is 46.5 Å². The molecule has 1 aliphatic heterocycles. The first-order chi connectivity index (χ1) is 14.4. The minimum absolute atomic E-state index is 0.0481. The molecule has 2 aromatic rings. The second-order valence-corrected chi connectivity index (χ2v) is 11.8. The SMILES string of the molecule is CC(C)(C)c1cc2c(c(C(C)(C)C)c1O)OC(c1ccc(O)c(O)c1)C(O)C2S(=O)(=O)O. The molecule has 0 spiro atoms. The number of aromatic hydroxyl groups is 3. The summed E-state index contributed by atoms with van der Waals surface area (Å²) in [7, 11) is -4.81. The number of benzene rings is 2. The third-order valence-corrected chi connectivity index (χ3v) is 6.83. The first-order valence-corrected chi connectivity index (χ1v) is 11.7. The normalized spacial score (nSPS) is 21.7. The fourth-order valence-electron chi connectivity index (χ4n) is 4.14. The summed E-state index contributed by atoms with van der Waals surface area (Å²) in [6.45, 7) is 11.0. The Bertz CT molecular complexity index is 1160. The average molecular weight is 467 g/mol. The average Bonchev–Trinajstić information content (AvgIpc) is 2.60. The number of phenols is 3. The summed E-state index contributed by atoms with van der Waals surface area (Å²) in [6.07, 6.45) is -3.03. The number of rotatable bonds is 2. The second kappa shape index (κ2) is 7.54. The highest BCUT2D eigenvalue weighted by atomic mass is 32.2. The zero-order valence-electron chi connectivity index (χ0n) is 18.9. The van der Waals surface area contributed by atoms with Gasteiger partial charge in [-0.2, -0.15) is 8.42 Å². The zero-order chi connectivity index (χ0) is 24.4. The molecular weight excluding hydrogens is 436 g/mol. The summed E-state index contributed by atoms with van der Waals surface area (Å²) in [5, 5.41) is 40.0. The van der Waals surface area contributed by atoms with Gasteiger partial charge in [0.2, 0.25) is 0 Å². The van der Waals surface area contributed by atoms with Crippen LogP contribution in [0, 0.1) is 0 Å². The Labute approximate surface area is 187 Å². The van der Waals surface area contributed by atoms with Gasteiger partial charge in [0.1, 0.15) is 22.9 Å². The van der Waals surface area contributed by atoms with Gasteiger partial charge < -0.3 is 25.2 Å². The number of ether oxygens (including phenoxy) is 1. The number of aliphatic hydroxyl groups excluding tert-OH is 1. The second-order valence-electron chi connectivity index (χ2n) is 10.3. The summed E-state index contributed by atoms with van der Waals surface area (Å²) in [5.41, 5.74) is -0.241. The Balaban J connectivity index is 2.39. The van der Waals surface area contributed by atoms with E-state index in [2.05, 4.69) is 0 Å². The summed E-state index contributed by atoms with van der Waals surface area (Å²) in [6, 6.07) is 5.15. The predicted molar refractivity (Wildman–Crippen MR) is 119 cm³/mol. The Kier molecular flexibility index (Phi) is 5.69. The third-order valence-electron chi connectivity index (χ3n) is 5.66. The number of aliphatic hydroxyl groups is 1. The fourth-order valence-corrected chi connectivity index (χ4v) is 5.13. The van der Waals surface area contributed by atoms with Crippen LogP contribution in [-0.4, -0.2) is 39.5 Å². The van der Waals surface area contributed by atoms with Crippen LogP contribution in [0.1, 0.15) is 75.2 Å². The van der Waals surface area contributed by atoms with Crippen LogP contribution in [0.2, 0.25) is 0 Å². The van der Waals surface area contributed by atoms with Gasteiger partial charge in [-0.25, -0.2) is 0 Å². The van der Waals surface area contributed by atoms with Crippen molar-refractivity contribution in [3.63, 3.8) is 0 Å². The molecule has 0 amide bonds. The van der Waals surface area contributed by atoms with E-state index in [-0.39, 0.29) is 22.6 Å². The molecule has 0 saturated carbocycles. The van der Waals surface area contributed by atoms with E-state index in [4.69, 9.17) is 4.74 Å². The minimum Gasteiger partial charge on any atom is -0.507 e. The molecule has 3 rings (SSSR count). The fraction of sp³-hybridized carbons (Fsp3) is 0.478. The minimum atomic E-state index is -4.81. The Morgan fingerprint density at radius 3 is 1.97 bits per heavy atom. The van der Waals surface area contributed by atoms with Gasteiger partial charge in [0.05, 0.1) is 0 Å². The molecule has 3 unspecified atom stereocenters. The van der Waals surface area contributed by atoms with E-state index in [0.29, 0.717) is 11.1 Å². The van der Waals surface area contributed by atoms with Crippen molar-refractivity contribution >= 4 is 10.1 Å². The third kappa shape index (κ3) is 4.12. The molecule has 2 aromatic carbocycles.